The number of aryl methyl sites for hydroxylation is 1. The minimum absolute atomic E-state index is 0.973. The van der Waals surface area contributed by atoms with Gasteiger partial charge in [0.25, 0.3) is 0 Å². The Labute approximate surface area is 144 Å². The number of aromatic nitrogens is 1. The molecule has 1 heterocycles. The summed E-state index contributed by atoms with van der Waals surface area (Å²) >= 11 is 0. The summed E-state index contributed by atoms with van der Waals surface area (Å²) in [7, 11) is 0. The van der Waals surface area contributed by atoms with Crippen LogP contribution in [0.25, 0.3) is 0 Å². The summed E-state index contributed by atoms with van der Waals surface area (Å²) in [5.41, 5.74) is 6.17. The maximum Gasteiger partial charge on any atom is 0.0627 e. The van der Waals surface area contributed by atoms with Gasteiger partial charge in [-0.2, -0.15) is 0 Å². The zero-order valence-electron chi connectivity index (χ0n) is 14.4. The van der Waals surface area contributed by atoms with Crippen molar-refractivity contribution in [3.8, 4) is 0 Å². The van der Waals surface area contributed by atoms with E-state index in [1.165, 1.54) is 22.5 Å². The van der Waals surface area contributed by atoms with Crippen molar-refractivity contribution in [2.75, 3.05) is 11.4 Å². The molecule has 0 fully saturated rings. The maximum atomic E-state index is 4.44. The van der Waals surface area contributed by atoms with E-state index >= 15 is 0 Å². The zero-order valence-corrected chi connectivity index (χ0v) is 14.4. The third-order valence-corrected chi connectivity index (χ3v) is 4.22. The van der Waals surface area contributed by atoms with Crippen LogP contribution in [0.2, 0.25) is 0 Å². The number of nitrogens with zero attached hydrogens (tertiary/aromatic N) is 2. The highest BCUT2D eigenvalue weighted by Gasteiger charge is 2.11. The maximum absolute atomic E-state index is 4.44. The predicted octanol–water partition coefficient (Wildman–Crippen LogP) is 5.53. The fraction of sp³-hybridized carbons (Fsp3) is 0.227. The summed E-state index contributed by atoms with van der Waals surface area (Å²) in [6, 6.07) is 23.7. The zero-order chi connectivity index (χ0) is 16.8. The third-order valence-electron chi connectivity index (χ3n) is 4.22. The summed E-state index contributed by atoms with van der Waals surface area (Å²) in [5, 5.41) is 0. The lowest BCUT2D eigenvalue weighted by Gasteiger charge is -2.26. The van der Waals surface area contributed by atoms with Crippen LogP contribution in [0, 0.1) is 6.92 Å². The average Bonchev–Trinajstić information content (AvgIpc) is 2.62. The Hall–Kier alpha value is -2.61. The van der Waals surface area contributed by atoms with Crippen LogP contribution in [0.5, 0.6) is 0 Å². The molecule has 3 rings (SSSR count). The van der Waals surface area contributed by atoms with E-state index in [-0.39, 0.29) is 0 Å². The van der Waals surface area contributed by atoms with Crippen LogP contribution in [0.15, 0.2) is 72.9 Å². The lowest BCUT2D eigenvalue weighted by atomic mass is 10.0. The first-order valence-corrected chi connectivity index (χ1v) is 8.60. The fourth-order valence-electron chi connectivity index (χ4n) is 3.00. The Balaban J connectivity index is 1.83. The molecule has 3 aromatic rings. The van der Waals surface area contributed by atoms with E-state index in [1.54, 1.807) is 0 Å². The monoisotopic (exact) mass is 316 g/mol. The van der Waals surface area contributed by atoms with E-state index in [0.29, 0.717) is 0 Å². The predicted molar refractivity (Wildman–Crippen MR) is 102 cm³/mol. The first-order chi connectivity index (χ1) is 11.8. The number of benzene rings is 2. The van der Waals surface area contributed by atoms with E-state index < -0.39 is 0 Å². The minimum atomic E-state index is 0.973. The first kappa shape index (κ1) is 16.3. The molecule has 24 heavy (non-hydrogen) atoms. The van der Waals surface area contributed by atoms with Crippen LogP contribution in [-0.2, 0) is 6.42 Å². The molecule has 2 nitrogen and oxygen atoms in total. The van der Waals surface area contributed by atoms with Gasteiger partial charge in [0.1, 0.15) is 0 Å². The van der Waals surface area contributed by atoms with E-state index in [2.05, 4.69) is 84.4 Å². The Morgan fingerprint density at radius 1 is 0.833 bits per heavy atom. The lowest BCUT2D eigenvalue weighted by molar-refractivity contribution is 0.877. The SMILES string of the molecule is CCCN(c1ccc(Cc2ccccc2)cc1)c1cccnc1C. The van der Waals surface area contributed by atoms with Gasteiger partial charge in [-0.05, 0) is 55.2 Å². The topological polar surface area (TPSA) is 16.1 Å². The summed E-state index contributed by atoms with van der Waals surface area (Å²) < 4.78 is 0. The van der Waals surface area contributed by atoms with E-state index in [1.807, 2.05) is 12.3 Å². The van der Waals surface area contributed by atoms with Gasteiger partial charge in [0.15, 0.2) is 0 Å². The van der Waals surface area contributed by atoms with Gasteiger partial charge in [-0.15, -0.1) is 0 Å². The molecule has 2 heteroatoms. The molecule has 0 bridgehead atoms. The molecule has 0 spiro atoms. The van der Waals surface area contributed by atoms with Crippen molar-refractivity contribution in [3.63, 3.8) is 0 Å². The van der Waals surface area contributed by atoms with Gasteiger partial charge in [0.05, 0.1) is 11.4 Å². The molecule has 0 aliphatic carbocycles. The Bertz CT molecular complexity index is 763. The summed E-state index contributed by atoms with van der Waals surface area (Å²) in [6.45, 7) is 5.27. The minimum Gasteiger partial charge on any atom is -0.340 e. The molecular weight excluding hydrogens is 292 g/mol. The molecular formula is C22H24N2. The second-order valence-electron chi connectivity index (χ2n) is 6.09. The normalized spacial score (nSPS) is 10.6. The van der Waals surface area contributed by atoms with Gasteiger partial charge >= 0.3 is 0 Å². The van der Waals surface area contributed by atoms with Gasteiger partial charge in [0, 0.05) is 18.4 Å². The quantitative estimate of drug-likeness (QED) is 0.594. The number of pyridine rings is 1. The van der Waals surface area contributed by atoms with Crippen LogP contribution in [-0.4, -0.2) is 11.5 Å². The van der Waals surface area contributed by atoms with Crippen molar-refractivity contribution in [1.29, 1.82) is 0 Å². The standard InChI is InChI=1S/C22H24N2/c1-3-16-24(22-10-7-15-23-18(22)2)21-13-11-20(12-14-21)17-19-8-5-4-6-9-19/h4-15H,3,16-17H2,1-2H3. The van der Waals surface area contributed by atoms with Gasteiger partial charge in [-0.25, -0.2) is 0 Å². The number of hydrogen-bond acceptors (Lipinski definition) is 2. The van der Waals surface area contributed by atoms with Crippen LogP contribution in [0.4, 0.5) is 11.4 Å². The third kappa shape index (κ3) is 3.83. The Kier molecular flexibility index (Phi) is 5.27. The summed E-state index contributed by atoms with van der Waals surface area (Å²) in [5.74, 6) is 0. The van der Waals surface area contributed by atoms with Crippen LogP contribution in [0.1, 0.15) is 30.2 Å². The highest BCUT2D eigenvalue weighted by molar-refractivity contribution is 5.65. The second kappa shape index (κ2) is 7.78. The van der Waals surface area contributed by atoms with Gasteiger partial charge in [0.2, 0.25) is 0 Å². The number of anilines is 2. The molecule has 2 aromatic carbocycles. The highest BCUT2D eigenvalue weighted by Crippen LogP contribution is 2.28. The molecule has 0 aliphatic heterocycles. The van der Waals surface area contributed by atoms with Gasteiger partial charge < -0.3 is 4.90 Å². The van der Waals surface area contributed by atoms with Crippen molar-refractivity contribution < 1.29 is 0 Å². The van der Waals surface area contributed by atoms with Gasteiger partial charge in [-0.3, -0.25) is 4.98 Å². The van der Waals surface area contributed by atoms with E-state index in [9.17, 15) is 0 Å². The molecule has 0 unspecified atom stereocenters. The van der Waals surface area contributed by atoms with Crippen molar-refractivity contribution in [3.05, 3.63) is 89.7 Å². The van der Waals surface area contributed by atoms with E-state index in [4.69, 9.17) is 0 Å². The molecule has 0 radical (unpaired) electrons. The first-order valence-electron chi connectivity index (χ1n) is 8.60. The lowest BCUT2D eigenvalue weighted by Crippen LogP contribution is -2.19. The van der Waals surface area contributed by atoms with Crippen LogP contribution < -0.4 is 4.90 Å². The molecule has 0 aliphatic rings. The number of rotatable bonds is 6. The summed E-state index contributed by atoms with van der Waals surface area (Å²) in [4.78, 5) is 6.80. The van der Waals surface area contributed by atoms with E-state index in [0.717, 1.165) is 25.1 Å². The summed E-state index contributed by atoms with van der Waals surface area (Å²) in [6.07, 6.45) is 3.92. The molecule has 0 saturated carbocycles. The van der Waals surface area contributed by atoms with Crippen LogP contribution in [0.3, 0.4) is 0 Å². The molecule has 0 N–H and O–H groups in total. The molecule has 122 valence electrons. The fourth-order valence-corrected chi connectivity index (χ4v) is 3.00. The van der Waals surface area contributed by atoms with Crippen molar-refractivity contribution in [2.45, 2.75) is 26.7 Å². The molecule has 0 saturated heterocycles. The van der Waals surface area contributed by atoms with Crippen molar-refractivity contribution >= 4 is 11.4 Å². The largest absolute Gasteiger partial charge is 0.340 e. The molecule has 0 amide bonds. The molecule has 0 atom stereocenters. The average molecular weight is 316 g/mol. The van der Waals surface area contributed by atoms with Gasteiger partial charge in [-0.1, -0.05) is 49.4 Å². The Morgan fingerprint density at radius 2 is 1.54 bits per heavy atom. The smallest absolute Gasteiger partial charge is 0.0627 e. The molecule has 1 aromatic heterocycles. The van der Waals surface area contributed by atoms with Crippen LogP contribution >= 0.6 is 0 Å². The second-order valence-corrected chi connectivity index (χ2v) is 6.09. The van der Waals surface area contributed by atoms with Crippen molar-refractivity contribution in [2.24, 2.45) is 0 Å². The highest BCUT2D eigenvalue weighted by atomic mass is 15.1. The van der Waals surface area contributed by atoms with Crippen molar-refractivity contribution in [1.82, 2.24) is 4.98 Å². The Morgan fingerprint density at radius 3 is 2.21 bits per heavy atom. The number of hydrogen-bond donors (Lipinski definition) is 0.